The molecule has 178 valence electrons. The minimum Gasteiger partial charge on any atom is -0.352 e. The van der Waals surface area contributed by atoms with E-state index in [9.17, 15) is 14.4 Å². The summed E-state index contributed by atoms with van der Waals surface area (Å²) >= 11 is 7.56. The van der Waals surface area contributed by atoms with Gasteiger partial charge in [-0.25, -0.2) is 4.98 Å². The monoisotopic (exact) mass is 498 g/mol. The molecular formula is C25H27ClN4O3S. The van der Waals surface area contributed by atoms with Crippen LogP contribution in [0.15, 0.2) is 66.2 Å². The molecule has 0 saturated carbocycles. The molecule has 9 heteroatoms. The van der Waals surface area contributed by atoms with E-state index in [-0.39, 0.29) is 43.1 Å². The van der Waals surface area contributed by atoms with Gasteiger partial charge in [-0.15, -0.1) is 11.3 Å². The lowest BCUT2D eigenvalue weighted by molar-refractivity contribution is -0.142. The highest BCUT2D eigenvalue weighted by molar-refractivity contribution is 7.09. The molecule has 3 aromatic rings. The SMILES string of the molecule is CC(C)NC(=O)[C@H](c1ccc(Cl)cc1)N(Cc1cccs1)C(=O)CCC(=O)Nc1ccccn1. The number of thiophene rings is 1. The van der Waals surface area contributed by atoms with Crippen molar-refractivity contribution in [2.24, 2.45) is 0 Å². The van der Waals surface area contributed by atoms with E-state index in [0.29, 0.717) is 16.4 Å². The number of nitrogens with zero attached hydrogens (tertiary/aromatic N) is 2. The maximum atomic E-state index is 13.4. The van der Waals surface area contributed by atoms with E-state index in [1.807, 2.05) is 31.4 Å². The molecular weight excluding hydrogens is 472 g/mol. The smallest absolute Gasteiger partial charge is 0.247 e. The van der Waals surface area contributed by atoms with Crippen molar-refractivity contribution in [1.29, 1.82) is 0 Å². The molecule has 0 spiro atoms. The first-order valence-corrected chi connectivity index (χ1v) is 12.2. The van der Waals surface area contributed by atoms with Crippen molar-refractivity contribution in [2.45, 2.75) is 45.3 Å². The van der Waals surface area contributed by atoms with Gasteiger partial charge in [-0.05, 0) is 55.1 Å². The molecule has 2 heterocycles. The topological polar surface area (TPSA) is 91.4 Å². The fraction of sp³-hybridized carbons (Fsp3) is 0.280. The predicted molar refractivity (Wildman–Crippen MR) is 134 cm³/mol. The molecule has 0 bridgehead atoms. The van der Waals surface area contributed by atoms with E-state index in [4.69, 9.17) is 11.6 Å². The van der Waals surface area contributed by atoms with Gasteiger partial charge in [-0.2, -0.15) is 0 Å². The number of hydrogen-bond donors (Lipinski definition) is 2. The van der Waals surface area contributed by atoms with Gasteiger partial charge in [-0.3, -0.25) is 14.4 Å². The number of amides is 3. The van der Waals surface area contributed by atoms with E-state index in [2.05, 4.69) is 15.6 Å². The highest BCUT2D eigenvalue weighted by atomic mass is 35.5. The first-order chi connectivity index (χ1) is 16.3. The molecule has 34 heavy (non-hydrogen) atoms. The van der Waals surface area contributed by atoms with Crippen molar-refractivity contribution in [2.75, 3.05) is 5.32 Å². The van der Waals surface area contributed by atoms with Crippen molar-refractivity contribution in [1.82, 2.24) is 15.2 Å². The van der Waals surface area contributed by atoms with Gasteiger partial charge < -0.3 is 15.5 Å². The molecule has 3 amide bonds. The largest absolute Gasteiger partial charge is 0.352 e. The van der Waals surface area contributed by atoms with Gasteiger partial charge in [0.05, 0.1) is 6.54 Å². The lowest BCUT2D eigenvalue weighted by Gasteiger charge is -2.32. The molecule has 0 aliphatic rings. The summed E-state index contributed by atoms with van der Waals surface area (Å²) in [5.74, 6) is -0.493. The van der Waals surface area contributed by atoms with Crippen molar-refractivity contribution in [3.05, 3.63) is 81.6 Å². The highest BCUT2D eigenvalue weighted by Crippen LogP contribution is 2.27. The third-order valence-electron chi connectivity index (χ3n) is 4.90. The Morgan fingerprint density at radius 2 is 1.79 bits per heavy atom. The normalized spacial score (nSPS) is 11.6. The van der Waals surface area contributed by atoms with Crippen LogP contribution in [0.3, 0.4) is 0 Å². The zero-order valence-corrected chi connectivity index (χ0v) is 20.6. The second-order valence-electron chi connectivity index (χ2n) is 7.98. The summed E-state index contributed by atoms with van der Waals surface area (Å²) in [7, 11) is 0. The van der Waals surface area contributed by atoms with Crippen LogP contribution in [0.4, 0.5) is 5.82 Å². The second kappa shape index (κ2) is 12.3. The zero-order valence-electron chi connectivity index (χ0n) is 19.0. The van der Waals surface area contributed by atoms with E-state index in [1.54, 1.807) is 48.7 Å². The molecule has 2 aromatic heterocycles. The number of hydrogen-bond acceptors (Lipinski definition) is 5. The second-order valence-corrected chi connectivity index (χ2v) is 9.45. The molecule has 3 rings (SSSR count). The summed E-state index contributed by atoms with van der Waals surface area (Å²) in [4.78, 5) is 45.6. The number of halogens is 1. The first kappa shape index (κ1) is 25.4. The van der Waals surface area contributed by atoms with E-state index in [0.717, 1.165) is 4.88 Å². The maximum Gasteiger partial charge on any atom is 0.247 e. The van der Waals surface area contributed by atoms with Crippen LogP contribution in [-0.4, -0.2) is 33.6 Å². The number of anilines is 1. The number of benzene rings is 1. The van der Waals surface area contributed by atoms with Crippen LogP contribution in [0, 0.1) is 0 Å². The van der Waals surface area contributed by atoms with Crippen molar-refractivity contribution in [3.8, 4) is 0 Å². The summed E-state index contributed by atoms with van der Waals surface area (Å²) < 4.78 is 0. The summed E-state index contributed by atoms with van der Waals surface area (Å²) in [5.41, 5.74) is 0.644. The number of aromatic nitrogens is 1. The molecule has 0 aliphatic heterocycles. The third kappa shape index (κ3) is 7.40. The molecule has 0 unspecified atom stereocenters. The summed E-state index contributed by atoms with van der Waals surface area (Å²) in [6, 6.07) is 14.9. The molecule has 1 aromatic carbocycles. The van der Waals surface area contributed by atoms with Crippen molar-refractivity contribution in [3.63, 3.8) is 0 Å². The lowest BCUT2D eigenvalue weighted by Crippen LogP contribution is -2.45. The standard InChI is InChI=1S/C25H27ClN4O3S/c1-17(2)28-25(33)24(18-8-10-19(26)11-9-18)30(16-20-6-5-15-34-20)23(32)13-12-22(31)29-21-7-3-4-14-27-21/h3-11,14-15,17,24H,12-13,16H2,1-2H3,(H,28,33)(H,27,29,31)/t24-/m0/s1. The molecule has 2 N–H and O–H groups in total. The van der Waals surface area contributed by atoms with Crippen LogP contribution >= 0.6 is 22.9 Å². The average molecular weight is 499 g/mol. The minimum absolute atomic E-state index is 0.0323. The van der Waals surface area contributed by atoms with Crippen LogP contribution in [0.25, 0.3) is 0 Å². The maximum absolute atomic E-state index is 13.4. The van der Waals surface area contributed by atoms with Crippen LogP contribution in [0.2, 0.25) is 5.02 Å². The molecule has 7 nitrogen and oxygen atoms in total. The lowest BCUT2D eigenvalue weighted by atomic mass is 10.0. The van der Waals surface area contributed by atoms with Gasteiger partial charge in [-0.1, -0.05) is 35.9 Å². The average Bonchev–Trinajstić information content (AvgIpc) is 3.32. The first-order valence-electron chi connectivity index (χ1n) is 10.9. The fourth-order valence-electron chi connectivity index (χ4n) is 3.38. The summed E-state index contributed by atoms with van der Waals surface area (Å²) in [5, 5.41) is 8.06. The molecule has 0 fully saturated rings. The number of rotatable bonds is 10. The number of carbonyl (C=O) groups is 3. The van der Waals surface area contributed by atoms with E-state index < -0.39 is 6.04 Å². The van der Waals surface area contributed by atoms with Gasteiger partial charge in [0, 0.05) is 35.0 Å². The van der Waals surface area contributed by atoms with Gasteiger partial charge in [0.1, 0.15) is 11.9 Å². The van der Waals surface area contributed by atoms with Gasteiger partial charge in [0.15, 0.2) is 0 Å². The summed E-state index contributed by atoms with van der Waals surface area (Å²) in [6.07, 6.45) is 1.49. The van der Waals surface area contributed by atoms with E-state index >= 15 is 0 Å². The van der Waals surface area contributed by atoms with Crippen molar-refractivity contribution >= 4 is 46.5 Å². The number of carbonyl (C=O) groups excluding carboxylic acids is 3. The Morgan fingerprint density at radius 1 is 1.03 bits per heavy atom. The quantitative estimate of drug-likeness (QED) is 0.419. The Labute approximate surface area is 208 Å². The Hall–Kier alpha value is -3.23. The van der Waals surface area contributed by atoms with Crippen molar-refractivity contribution < 1.29 is 14.4 Å². The third-order valence-corrected chi connectivity index (χ3v) is 6.01. The van der Waals surface area contributed by atoms with Crippen LogP contribution in [0.5, 0.6) is 0 Å². The van der Waals surface area contributed by atoms with Gasteiger partial charge >= 0.3 is 0 Å². The molecule has 1 atom stereocenters. The van der Waals surface area contributed by atoms with Crippen LogP contribution in [-0.2, 0) is 20.9 Å². The number of nitrogens with one attached hydrogen (secondary N) is 2. The summed E-state index contributed by atoms with van der Waals surface area (Å²) in [6.45, 7) is 3.98. The minimum atomic E-state index is -0.867. The van der Waals surface area contributed by atoms with Crippen LogP contribution in [0.1, 0.15) is 43.2 Å². The Balaban J connectivity index is 1.83. The van der Waals surface area contributed by atoms with Gasteiger partial charge in [0.25, 0.3) is 0 Å². The van der Waals surface area contributed by atoms with Crippen LogP contribution < -0.4 is 10.6 Å². The molecule has 0 saturated heterocycles. The Bertz CT molecular complexity index is 1090. The number of pyridine rings is 1. The predicted octanol–water partition coefficient (Wildman–Crippen LogP) is 4.81. The fourth-order valence-corrected chi connectivity index (χ4v) is 4.21. The molecule has 0 aliphatic carbocycles. The Kier molecular flexibility index (Phi) is 9.18. The zero-order chi connectivity index (χ0) is 24.5. The Morgan fingerprint density at radius 3 is 2.41 bits per heavy atom. The van der Waals surface area contributed by atoms with Gasteiger partial charge in [0.2, 0.25) is 17.7 Å². The van der Waals surface area contributed by atoms with E-state index in [1.165, 1.54) is 16.2 Å². The molecule has 0 radical (unpaired) electrons. The highest BCUT2D eigenvalue weighted by Gasteiger charge is 2.32.